The Bertz CT molecular complexity index is 524. The maximum Gasteiger partial charge on any atom is 0.242 e. The summed E-state index contributed by atoms with van der Waals surface area (Å²) in [5.41, 5.74) is 0. The maximum absolute atomic E-state index is 12.9. The summed E-state index contributed by atoms with van der Waals surface area (Å²) >= 11 is 0. The maximum atomic E-state index is 12.9. The first kappa shape index (κ1) is 19.5. The number of nitrogens with zero attached hydrogens (tertiary/aromatic N) is 2. The van der Waals surface area contributed by atoms with Crippen molar-refractivity contribution in [2.24, 2.45) is 0 Å². The van der Waals surface area contributed by atoms with Gasteiger partial charge >= 0.3 is 0 Å². The Morgan fingerprint density at radius 1 is 1.20 bits per heavy atom. The lowest BCUT2D eigenvalue weighted by Gasteiger charge is -2.28. The van der Waals surface area contributed by atoms with Crippen LogP contribution < -0.4 is 0 Å². The molecule has 1 aromatic rings. The standard InChI is InChI=1S/C19H30N2O4/c1-3-7-18(22)20(10-4-2)15-19(23)21(13-16-8-5-11-24-16)14-17-9-6-12-25-17/h5,8,11,17H,3-4,6-7,9-10,12-15H2,1-2H3/t17-/m1/s1. The number of rotatable bonds is 10. The molecule has 0 aromatic carbocycles. The smallest absolute Gasteiger partial charge is 0.242 e. The molecule has 0 unspecified atom stereocenters. The van der Waals surface area contributed by atoms with Crippen molar-refractivity contribution < 1.29 is 18.7 Å². The van der Waals surface area contributed by atoms with E-state index in [9.17, 15) is 9.59 Å². The molecule has 1 saturated heterocycles. The van der Waals surface area contributed by atoms with Crippen LogP contribution >= 0.6 is 0 Å². The Morgan fingerprint density at radius 2 is 2.04 bits per heavy atom. The van der Waals surface area contributed by atoms with Crippen molar-refractivity contribution in [1.29, 1.82) is 0 Å². The summed E-state index contributed by atoms with van der Waals surface area (Å²) in [5.74, 6) is 0.742. The van der Waals surface area contributed by atoms with Crippen molar-refractivity contribution >= 4 is 11.8 Å². The van der Waals surface area contributed by atoms with E-state index in [1.165, 1.54) is 0 Å². The molecule has 1 fully saturated rings. The van der Waals surface area contributed by atoms with E-state index in [0.717, 1.165) is 38.1 Å². The van der Waals surface area contributed by atoms with Gasteiger partial charge in [-0.05, 0) is 37.8 Å². The molecule has 1 aliphatic heterocycles. The van der Waals surface area contributed by atoms with Crippen LogP contribution in [0.5, 0.6) is 0 Å². The van der Waals surface area contributed by atoms with Gasteiger partial charge in [0.1, 0.15) is 5.76 Å². The highest BCUT2D eigenvalue weighted by Gasteiger charge is 2.25. The van der Waals surface area contributed by atoms with Crippen molar-refractivity contribution in [1.82, 2.24) is 9.80 Å². The fraction of sp³-hybridized carbons (Fsp3) is 0.684. The van der Waals surface area contributed by atoms with Gasteiger partial charge in [0, 0.05) is 26.1 Å². The van der Waals surface area contributed by atoms with E-state index < -0.39 is 0 Å². The van der Waals surface area contributed by atoms with Crippen LogP contribution in [0.4, 0.5) is 0 Å². The zero-order chi connectivity index (χ0) is 18.1. The number of amides is 2. The van der Waals surface area contributed by atoms with Crippen LogP contribution in [0.25, 0.3) is 0 Å². The number of carbonyl (C=O) groups is 2. The van der Waals surface area contributed by atoms with Gasteiger partial charge in [0.2, 0.25) is 11.8 Å². The fourth-order valence-electron chi connectivity index (χ4n) is 3.08. The highest BCUT2D eigenvalue weighted by molar-refractivity contribution is 5.84. The second-order valence-electron chi connectivity index (χ2n) is 6.55. The molecule has 0 bridgehead atoms. The zero-order valence-electron chi connectivity index (χ0n) is 15.4. The predicted molar refractivity (Wildman–Crippen MR) is 94.9 cm³/mol. The molecule has 140 valence electrons. The highest BCUT2D eigenvalue weighted by Crippen LogP contribution is 2.16. The monoisotopic (exact) mass is 350 g/mol. The summed E-state index contributed by atoms with van der Waals surface area (Å²) < 4.78 is 11.1. The van der Waals surface area contributed by atoms with Crippen LogP contribution in [0.15, 0.2) is 22.8 Å². The molecule has 6 nitrogen and oxygen atoms in total. The minimum atomic E-state index is -0.0511. The van der Waals surface area contributed by atoms with Crippen LogP contribution in [0.1, 0.15) is 51.7 Å². The number of furan rings is 1. The number of hydrogen-bond acceptors (Lipinski definition) is 4. The second kappa shape index (κ2) is 10.2. The van der Waals surface area contributed by atoms with Gasteiger partial charge in [-0.2, -0.15) is 0 Å². The molecule has 0 spiro atoms. The van der Waals surface area contributed by atoms with Gasteiger partial charge in [0.25, 0.3) is 0 Å². The highest BCUT2D eigenvalue weighted by atomic mass is 16.5. The van der Waals surface area contributed by atoms with Gasteiger partial charge in [-0.1, -0.05) is 13.8 Å². The number of hydrogen-bond donors (Lipinski definition) is 0. The minimum absolute atomic E-state index is 0.0489. The molecular formula is C19H30N2O4. The SMILES string of the molecule is CCCC(=O)N(CCC)CC(=O)N(Cc1ccco1)C[C@H]1CCCO1. The summed E-state index contributed by atoms with van der Waals surface area (Å²) in [6.07, 6.45) is 5.80. The molecule has 1 aromatic heterocycles. The first-order chi connectivity index (χ1) is 12.1. The Labute approximate surface area is 150 Å². The summed E-state index contributed by atoms with van der Waals surface area (Å²) in [7, 11) is 0. The van der Waals surface area contributed by atoms with E-state index >= 15 is 0 Å². The summed E-state index contributed by atoms with van der Waals surface area (Å²) in [6.45, 7) is 6.44. The lowest BCUT2D eigenvalue weighted by molar-refractivity contribution is -0.142. The normalized spacial score (nSPS) is 16.8. The molecule has 25 heavy (non-hydrogen) atoms. The molecule has 1 atom stereocenters. The van der Waals surface area contributed by atoms with Gasteiger partial charge in [0.15, 0.2) is 0 Å². The minimum Gasteiger partial charge on any atom is -0.467 e. The van der Waals surface area contributed by atoms with Gasteiger partial charge in [-0.15, -0.1) is 0 Å². The third-order valence-electron chi connectivity index (χ3n) is 4.36. The van der Waals surface area contributed by atoms with Gasteiger partial charge in [-0.3, -0.25) is 9.59 Å². The second-order valence-corrected chi connectivity index (χ2v) is 6.55. The molecular weight excluding hydrogens is 320 g/mol. The largest absolute Gasteiger partial charge is 0.467 e. The third kappa shape index (κ3) is 6.20. The van der Waals surface area contributed by atoms with Crippen LogP contribution in [-0.4, -0.2) is 54.0 Å². The molecule has 2 amide bonds. The van der Waals surface area contributed by atoms with Gasteiger partial charge < -0.3 is 19.0 Å². The first-order valence-corrected chi connectivity index (χ1v) is 9.33. The van der Waals surface area contributed by atoms with Gasteiger partial charge in [0.05, 0.1) is 25.5 Å². The van der Waals surface area contributed by atoms with E-state index in [0.29, 0.717) is 26.1 Å². The van der Waals surface area contributed by atoms with Gasteiger partial charge in [-0.25, -0.2) is 0 Å². The Morgan fingerprint density at radius 3 is 2.64 bits per heavy atom. The van der Waals surface area contributed by atoms with E-state index in [1.807, 2.05) is 26.0 Å². The fourth-order valence-corrected chi connectivity index (χ4v) is 3.08. The lowest BCUT2D eigenvalue weighted by Crippen LogP contribution is -2.45. The average molecular weight is 350 g/mol. The van der Waals surface area contributed by atoms with E-state index in [2.05, 4.69) is 0 Å². The van der Waals surface area contributed by atoms with Crippen molar-refractivity contribution in [3.05, 3.63) is 24.2 Å². The molecule has 2 rings (SSSR count). The molecule has 0 N–H and O–H groups in total. The molecule has 0 saturated carbocycles. The van der Waals surface area contributed by atoms with Crippen molar-refractivity contribution in [2.75, 3.05) is 26.2 Å². The Balaban J connectivity index is 2.02. The number of carbonyl (C=O) groups excluding carboxylic acids is 2. The molecule has 0 radical (unpaired) electrons. The van der Waals surface area contributed by atoms with Crippen LogP contribution in [0, 0.1) is 0 Å². The molecule has 1 aliphatic rings. The van der Waals surface area contributed by atoms with E-state index in [1.54, 1.807) is 16.1 Å². The van der Waals surface area contributed by atoms with E-state index in [4.69, 9.17) is 9.15 Å². The van der Waals surface area contributed by atoms with Crippen molar-refractivity contribution in [3.8, 4) is 0 Å². The summed E-state index contributed by atoms with van der Waals surface area (Å²) in [5, 5.41) is 0. The lowest BCUT2D eigenvalue weighted by atomic mass is 10.2. The molecule has 2 heterocycles. The van der Waals surface area contributed by atoms with E-state index in [-0.39, 0.29) is 24.5 Å². The summed E-state index contributed by atoms with van der Waals surface area (Å²) in [4.78, 5) is 28.6. The Hall–Kier alpha value is -1.82. The Kier molecular flexibility index (Phi) is 7.98. The quantitative estimate of drug-likeness (QED) is 0.651. The third-order valence-corrected chi connectivity index (χ3v) is 4.36. The average Bonchev–Trinajstić information content (AvgIpc) is 3.28. The van der Waals surface area contributed by atoms with Crippen LogP contribution in [-0.2, 0) is 20.9 Å². The summed E-state index contributed by atoms with van der Waals surface area (Å²) in [6, 6.07) is 3.68. The predicted octanol–water partition coefficient (Wildman–Crippen LogP) is 2.83. The zero-order valence-corrected chi connectivity index (χ0v) is 15.4. The molecule has 6 heteroatoms. The van der Waals surface area contributed by atoms with Crippen LogP contribution in [0.3, 0.4) is 0 Å². The van der Waals surface area contributed by atoms with Crippen LogP contribution in [0.2, 0.25) is 0 Å². The van der Waals surface area contributed by atoms with Crippen molar-refractivity contribution in [3.63, 3.8) is 0 Å². The topological polar surface area (TPSA) is 63.0 Å². The molecule has 0 aliphatic carbocycles. The van der Waals surface area contributed by atoms with Crippen molar-refractivity contribution in [2.45, 2.75) is 58.6 Å². The number of ether oxygens (including phenoxy) is 1. The first-order valence-electron chi connectivity index (χ1n) is 9.33.